The van der Waals surface area contributed by atoms with E-state index >= 15 is 0 Å². The summed E-state index contributed by atoms with van der Waals surface area (Å²) in [7, 11) is 0. The molecule has 0 spiro atoms. The number of hydrogen-bond acceptors (Lipinski definition) is 3. The smallest absolute Gasteiger partial charge is 0.0771 e. The van der Waals surface area contributed by atoms with Crippen LogP contribution in [0.1, 0.15) is 30.4 Å². The highest BCUT2D eigenvalue weighted by atomic mass is 16.3. The third-order valence-electron chi connectivity index (χ3n) is 3.20. The largest absolute Gasteiger partial charge is 0.389 e. The lowest BCUT2D eigenvalue weighted by Crippen LogP contribution is -2.46. The number of nitrogens with one attached hydrogen (secondary N) is 1. The Hall–Kier alpha value is -0.930. The van der Waals surface area contributed by atoms with E-state index in [0.717, 1.165) is 25.8 Å². The minimum atomic E-state index is -0.434. The maximum absolute atomic E-state index is 9.88. The molecule has 0 radical (unpaired) electrons. The number of pyridine rings is 1. The molecule has 1 fully saturated rings. The molecule has 1 saturated carbocycles. The Bertz CT molecular complexity index is 334. The van der Waals surface area contributed by atoms with Gasteiger partial charge in [0.25, 0.3) is 0 Å². The number of hydrogen-bond donors (Lipinski definition) is 2. The maximum atomic E-state index is 9.88. The molecule has 0 unspecified atom stereocenters. The van der Waals surface area contributed by atoms with Crippen molar-refractivity contribution in [3.8, 4) is 0 Å². The van der Waals surface area contributed by atoms with E-state index in [4.69, 9.17) is 0 Å². The van der Waals surface area contributed by atoms with Gasteiger partial charge in [0.15, 0.2) is 0 Å². The molecule has 0 amide bonds. The van der Waals surface area contributed by atoms with E-state index in [1.54, 1.807) is 6.20 Å². The molecule has 0 aromatic carbocycles. The summed E-state index contributed by atoms with van der Waals surface area (Å²) < 4.78 is 0. The molecule has 2 N–H and O–H groups in total. The highest BCUT2D eigenvalue weighted by molar-refractivity contribution is 5.21. The van der Waals surface area contributed by atoms with Gasteiger partial charge in [0, 0.05) is 25.5 Å². The van der Waals surface area contributed by atoms with E-state index in [2.05, 4.69) is 17.2 Å². The molecular formula is C12H18N2O. The molecule has 15 heavy (non-hydrogen) atoms. The van der Waals surface area contributed by atoms with Crippen molar-refractivity contribution >= 4 is 0 Å². The fourth-order valence-corrected chi connectivity index (χ4v) is 1.87. The van der Waals surface area contributed by atoms with Gasteiger partial charge in [-0.05, 0) is 43.4 Å². The molecule has 1 aromatic heterocycles. The van der Waals surface area contributed by atoms with Crippen LogP contribution in [0.4, 0.5) is 0 Å². The monoisotopic (exact) mass is 206 g/mol. The molecule has 1 aliphatic carbocycles. The molecule has 1 aromatic rings. The quantitative estimate of drug-likeness (QED) is 0.782. The van der Waals surface area contributed by atoms with E-state index in [9.17, 15) is 5.11 Å². The molecular weight excluding hydrogens is 188 g/mol. The third kappa shape index (κ3) is 2.55. The van der Waals surface area contributed by atoms with Crippen LogP contribution in [0, 0.1) is 6.92 Å². The average Bonchev–Trinajstić information content (AvgIpc) is 2.18. The second-order valence-corrected chi connectivity index (χ2v) is 4.48. The Balaban J connectivity index is 1.81. The number of nitrogens with zero attached hydrogens (tertiary/aromatic N) is 1. The molecule has 1 heterocycles. The summed E-state index contributed by atoms with van der Waals surface area (Å²) in [5.41, 5.74) is 2.02. The van der Waals surface area contributed by atoms with Gasteiger partial charge in [-0.25, -0.2) is 0 Å². The average molecular weight is 206 g/mol. The first-order valence-corrected chi connectivity index (χ1v) is 5.52. The van der Waals surface area contributed by atoms with Crippen molar-refractivity contribution in [1.29, 1.82) is 0 Å². The Labute approximate surface area is 90.5 Å². The summed E-state index contributed by atoms with van der Waals surface area (Å²) in [5.74, 6) is 0. The molecule has 0 aliphatic heterocycles. The van der Waals surface area contributed by atoms with Crippen LogP contribution in [-0.4, -0.2) is 22.2 Å². The molecule has 3 heteroatoms. The summed E-state index contributed by atoms with van der Waals surface area (Å²) in [5, 5.41) is 13.2. The molecule has 3 nitrogen and oxygen atoms in total. The van der Waals surface area contributed by atoms with Crippen molar-refractivity contribution in [2.75, 3.05) is 6.54 Å². The van der Waals surface area contributed by atoms with Crippen molar-refractivity contribution in [1.82, 2.24) is 10.3 Å². The zero-order valence-corrected chi connectivity index (χ0v) is 9.16. The van der Waals surface area contributed by atoms with E-state index < -0.39 is 5.60 Å². The Kier molecular flexibility index (Phi) is 3.03. The van der Waals surface area contributed by atoms with Gasteiger partial charge in [-0.3, -0.25) is 4.98 Å². The lowest BCUT2D eigenvalue weighted by atomic mass is 9.80. The third-order valence-corrected chi connectivity index (χ3v) is 3.20. The van der Waals surface area contributed by atoms with Gasteiger partial charge < -0.3 is 10.4 Å². The van der Waals surface area contributed by atoms with Crippen molar-refractivity contribution in [3.63, 3.8) is 0 Å². The fourth-order valence-electron chi connectivity index (χ4n) is 1.87. The summed E-state index contributed by atoms with van der Waals surface area (Å²) >= 11 is 0. The lowest BCUT2D eigenvalue weighted by Gasteiger charge is -2.36. The standard InChI is InChI=1S/C12H18N2O/c1-10-3-6-13-7-11(10)8-14-9-12(15)4-2-5-12/h3,6-7,14-15H,2,4-5,8-9H2,1H3. The first-order chi connectivity index (χ1) is 7.20. The minimum Gasteiger partial charge on any atom is -0.389 e. The molecule has 82 valence electrons. The van der Waals surface area contributed by atoms with Crippen molar-refractivity contribution in [3.05, 3.63) is 29.6 Å². The van der Waals surface area contributed by atoms with Crippen LogP contribution in [0.15, 0.2) is 18.5 Å². The van der Waals surface area contributed by atoms with Crippen molar-refractivity contribution in [2.24, 2.45) is 0 Å². The number of aryl methyl sites for hydroxylation is 1. The topological polar surface area (TPSA) is 45.2 Å². The van der Waals surface area contributed by atoms with E-state index in [1.165, 1.54) is 11.1 Å². The van der Waals surface area contributed by atoms with Crippen LogP contribution in [0.3, 0.4) is 0 Å². The second-order valence-electron chi connectivity index (χ2n) is 4.48. The highest BCUT2D eigenvalue weighted by Gasteiger charge is 2.33. The molecule has 0 atom stereocenters. The summed E-state index contributed by atoms with van der Waals surface area (Å²) in [6.45, 7) is 3.57. The van der Waals surface area contributed by atoms with Gasteiger partial charge in [0.05, 0.1) is 5.60 Å². The van der Waals surface area contributed by atoms with Gasteiger partial charge in [0.1, 0.15) is 0 Å². The van der Waals surface area contributed by atoms with Crippen LogP contribution < -0.4 is 5.32 Å². The predicted molar refractivity (Wildman–Crippen MR) is 59.5 cm³/mol. The molecule has 0 bridgehead atoms. The Morgan fingerprint density at radius 1 is 1.53 bits per heavy atom. The van der Waals surface area contributed by atoms with Crippen LogP contribution in [0.25, 0.3) is 0 Å². The molecule has 0 saturated heterocycles. The Morgan fingerprint density at radius 3 is 2.93 bits per heavy atom. The van der Waals surface area contributed by atoms with Crippen LogP contribution in [0.5, 0.6) is 0 Å². The number of aliphatic hydroxyl groups is 1. The van der Waals surface area contributed by atoms with Gasteiger partial charge >= 0.3 is 0 Å². The van der Waals surface area contributed by atoms with Crippen LogP contribution >= 0.6 is 0 Å². The predicted octanol–water partition coefficient (Wildman–Crippen LogP) is 1.39. The highest BCUT2D eigenvalue weighted by Crippen LogP contribution is 2.30. The van der Waals surface area contributed by atoms with Crippen molar-refractivity contribution in [2.45, 2.75) is 38.3 Å². The van der Waals surface area contributed by atoms with Crippen LogP contribution in [0.2, 0.25) is 0 Å². The first kappa shape index (κ1) is 10.6. The fraction of sp³-hybridized carbons (Fsp3) is 0.583. The molecule has 2 rings (SSSR count). The van der Waals surface area contributed by atoms with Gasteiger partial charge in [-0.1, -0.05) is 0 Å². The summed E-state index contributed by atoms with van der Waals surface area (Å²) in [6, 6.07) is 2.01. The molecule has 1 aliphatic rings. The zero-order chi connectivity index (χ0) is 10.7. The first-order valence-electron chi connectivity index (χ1n) is 5.52. The lowest BCUT2D eigenvalue weighted by molar-refractivity contribution is -0.0314. The number of aromatic nitrogens is 1. The van der Waals surface area contributed by atoms with E-state index in [-0.39, 0.29) is 0 Å². The van der Waals surface area contributed by atoms with E-state index in [1.807, 2.05) is 12.3 Å². The summed E-state index contributed by atoms with van der Waals surface area (Å²) in [6.07, 6.45) is 6.72. The Morgan fingerprint density at radius 2 is 2.33 bits per heavy atom. The zero-order valence-electron chi connectivity index (χ0n) is 9.16. The van der Waals surface area contributed by atoms with E-state index in [0.29, 0.717) is 6.54 Å². The van der Waals surface area contributed by atoms with Gasteiger partial charge in [-0.15, -0.1) is 0 Å². The van der Waals surface area contributed by atoms with Gasteiger partial charge in [0.2, 0.25) is 0 Å². The minimum absolute atomic E-state index is 0.434. The van der Waals surface area contributed by atoms with Gasteiger partial charge in [-0.2, -0.15) is 0 Å². The van der Waals surface area contributed by atoms with Crippen molar-refractivity contribution < 1.29 is 5.11 Å². The van der Waals surface area contributed by atoms with Crippen LogP contribution in [-0.2, 0) is 6.54 Å². The SMILES string of the molecule is Cc1ccncc1CNCC1(O)CCC1. The summed E-state index contributed by atoms with van der Waals surface area (Å²) in [4.78, 5) is 4.09. The second kappa shape index (κ2) is 4.29. The maximum Gasteiger partial charge on any atom is 0.0771 e. The number of rotatable bonds is 4. The normalized spacial score (nSPS) is 18.5.